The second kappa shape index (κ2) is 9.42. The van der Waals surface area contributed by atoms with Gasteiger partial charge in [-0.2, -0.15) is 0 Å². The summed E-state index contributed by atoms with van der Waals surface area (Å²) in [7, 11) is 0. The third-order valence-corrected chi connectivity index (χ3v) is 2.74. The smallest absolute Gasteiger partial charge is 0.221 e. The topological polar surface area (TPSA) is 44.4 Å². The van der Waals surface area contributed by atoms with Crippen molar-refractivity contribution in [3.05, 3.63) is 0 Å². The molecule has 0 fully saturated rings. The first kappa shape index (κ1) is 16.4. The van der Waals surface area contributed by atoms with Crippen molar-refractivity contribution >= 4 is 5.91 Å². The maximum absolute atomic E-state index is 11.6. The van der Waals surface area contributed by atoms with Crippen LogP contribution in [0.4, 0.5) is 0 Å². The van der Waals surface area contributed by atoms with E-state index < -0.39 is 0 Å². The molecule has 4 nitrogen and oxygen atoms in total. The van der Waals surface area contributed by atoms with Crippen LogP contribution in [-0.4, -0.2) is 49.1 Å². The Morgan fingerprint density at radius 2 is 1.76 bits per heavy atom. The number of rotatable bonds is 9. The van der Waals surface area contributed by atoms with E-state index in [0.717, 1.165) is 26.2 Å². The molecule has 0 saturated heterocycles. The van der Waals surface area contributed by atoms with Crippen molar-refractivity contribution in [2.45, 2.75) is 53.1 Å². The summed E-state index contributed by atoms with van der Waals surface area (Å²) in [6.07, 6.45) is 0.556. The van der Waals surface area contributed by atoms with Crippen molar-refractivity contribution in [2.75, 3.05) is 26.2 Å². The van der Waals surface area contributed by atoms with E-state index in [-0.39, 0.29) is 11.9 Å². The van der Waals surface area contributed by atoms with Crippen molar-refractivity contribution < 1.29 is 4.79 Å². The van der Waals surface area contributed by atoms with E-state index in [0.29, 0.717) is 12.5 Å². The molecule has 0 bridgehead atoms. The standard InChI is InChI=1S/C13H29N3O/c1-6-16(7-2)10-12(5)15-13(17)8-9-14-11(3)4/h11-12,14H,6-10H2,1-5H3,(H,15,17). The Morgan fingerprint density at radius 1 is 1.18 bits per heavy atom. The van der Waals surface area contributed by atoms with E-state index >= 15 is 0 Å². The van der Waals surface area contributed by atoms with Crippen LogP contribution in [-0.2, 0) is 4.79 Å². The van der Waals surface area contributed by atoms with Crippen LogP contribution in [0.5, 0.6) is 0 Å². The van der Waals surface area contributed by atoms with Gasteiger partial charge in [-0.25, -0.2) is 0 Å². The van der Waals surface area contributed by atoms with Crippen LogP contribution in [0, 0.1) is 0 Å². The number of carbonyl (C=O) groups is 1. The molecule has 1 amide bonds. The number of nitrogens with zero attached hydrogens (tertiary/aromatic N) is 1. The van der Waals surface area contributed by atoms with Gasteiger partial charge in [0.25, 0.3) is 0 Å². The van der Waals surface area contributed by atoms with Crippen molar-refractivity contribution in [3.63, 3.8) is 0 Å². The molecule has 1 atom stereocenters. The van der Waals surface area contributed by atoms with Gasteiger partial charge in [-0.1, -0.05) is 27.7 Å². The van der Waals surface area contributed by atoms with Gasteiger partial charge >= 0.3 is 0 Å². The second-order valence-electron chi connectivity index (χ2n) is 4.81. The Kier molecular flexibility index (Phi) is 9.09. The third-order valence-electron chi connectivity index (χ3n) is 2.74. The molecule has 0 spiro atoms. The molecule has 0 aromatic heterocycles. The maximum Gasteiger partial charge on any atom is 0.221 e. The van der Waals surface area contributed by atoms with Gasteiger partial charge in [0.05, 0.1) is 0 Å². The number of hydrogen-bond donors (Lipinski definition) is 2. The molecular formula is C13H29N3O. The maximum atomic E-state index is 11.6. The van der Waals surface area contributed by atoms with Crippen LogP contribution in [0.25, 0.3) is 0 Å². The number of amides is 1. The van der Waals surface area contributed by atoms with Crippen LogP contribution < -0.4 is 10.6 Å². The normalized spacial score (nSPS) is 13.1. The molecule has 1 unspecified atom stereocenters. The Hall–Kier alpha value is -0.610. The Labute approximate surface area is 106 Å². The quantitative estimate of drug-likeness (QED) is 0.640. The molecule has 0 rings (SSSR count). The molecular weight excluding hydrogens is 214 g/mol. The minimum absolute atomic E-state index is 0.137. The number of hydrogen-bond acceptors (Lipinski definition) is 3. The van der Waals surface area contributed by atoms with Crippen LogP contribution in [0.1, 0.15) is 41.0 Å². The monoisotopic (exact) mass is 243 g/mol. The highest BCUT2D eigenvalue weighted by Gasteiger charge is 2.10. The molecule has 0 heterocycles. The lowest BCUT2D eigenvalue weighted by Crippen LogP contribution is -2.42. The lowest BCUT2D eigenvalue weighted by atomic mass is 10.2. The molecule has 17 heavy (non-hydrogen) atoms. The summed E-state index contributed by atoms with van der Waals surface area (Å²) in [6, 6.07) is 0.664. The van der Waals surface area contributed by atoms with Gasteiger partial charge in [-0.05, 0) is 20.0 Å². The van der Waals surface area contributed by atoms with Gasteiger partial charge in [-0.15, -0.1) is 0 Å². The van der Waals surface area contributed by atoms with Gasteiger partial charge in [-0.3, -0.25) is 4.79 Å². The molecule has 2 N–H and O–H groups in total. The first-order valence-corrected chi connectivity index (χ1v) is 6.74. The molecule has 102 valence electrons. The van der Waals surface area contributed by atoms with Gasteiger partial charge in [0, 0.05) is 31.6 Å². The Bertz CT molecular complexity index is 203. The highest BCUT2D eigenvalue weighted by Crippen LogP contribution is 1.92. The fourth-order valence-electron chi connectivity index (χ4n) is 1.74. The zero-order chi connectivity index (χ0) is 13.3. The molecule has 0 aromatic rings. The summed E-state index contributed by atoms with van der Waals surface area (Å²) in [5.41, 5.74) is 0. The van der Waals surface area contributed by atoms with E-state index in [1.807, 2.05) is 0 Å². The van der Waals surface area contributed by atoms with Crippen molar-refractivity contribution in [1.82, 2.24) is 15.5 Å². The number of nitrogens with one attached hydrogen (secondary N) is 2. The zero-order valence-electron chi connectivity index (χ0n) is 12.0. The largest absolute Gasteiger partial charge is 0.352 e. The highest BCUT2D eigenvalue weighted by molar-refractivity contribution is 5.76. The molecule has 0 aromatic carbocycles. The van der Waals surface area contributed by atoms with E-state index in [2.05, 4.69) is 50.2 Å². The zero-order valence-corrected chi connectivity index (χ0v) is 12.0. The molecule has 0 aliphatic heterocycles. The fourth-order valence-corrected chi connectivity index (χ4v) is 1.74. The average molecular weight is 243 g/mol. The van der Waals surface area contributed by atoms with E-state index in [1.54, 1.807) is 0 Å². The summed E-state index contributed by atoms with van der Waals surface area (Å²) in [5.74, 6) is 0.137. The summed E-state index contributed by atoms with van der Waals surface area (Å²) in [4.78, 5) is 13.9. The fraction of sp³-hybridized carbons (Fsp3) is 0.923. The van der Waals surface area contributed by atoms with E-state index in [1.165, 1.54) is 0 Å². The summed E-state index contributed by atoms with van der Waals surface area (Å²) >= 11 is 0. The first-order valence-electron chi connectivity index (χ1n) is 6.74. The average Bonchev–Trinajstić information content (AvgIpc) is 2.25. The summed E-state index contributed by atoms with van der Waals surface area (Å²) in [5, 5.41) is 6.27. The van der Waals surface area contributed by atoms with E-state index in [4.69, 9.17) is 0 Å². The van der Waals surface area contributed by atoms with Crippen LogP contribution in [0.3, 0.4) is 0 Å². The Morgan fingerprint density at radius 3 is 2.24 bits per heavy atom. The highest BCUT2D eigenvalue weighted by atomic mass is 16.1. The van der Waals surface area contributed by atoms with Gasteiger partial charge < -0.3 is 15.5 Å². The predicted octanol–water partition coefficient (Wildman–Crippen LogP) is 1.22. The Balaban J connectivity index is 3.72. The predicted molar refractivity (Wildman–Crippen MR) is 73.1 cm³/mol. The molecule has 4 heteroatoms. The minimum atomic E-state index is 0.137. The van der Waals surface area contributed by atoms with Crippen molar-refractivity contribution in [1.29, 1.82) is 0 Å². The lowest BCUT2D eigenvalue weighted by molar-refractivity contribution is -0.121. The van der Waals surface area contributed by atoms with Crippen molar-refractivity contribution in [3.8, 4) is 0 Å². The lowest BCUT2D eigenvalue weighted by Gasteiger charge is -2.23. The van der Waals surface area contributed by atoms with Crippen LogP contribution in [0.2, 0.25) is 0 Å². The molecule has 0 saturated carbocycles. The number of carbonyl (C=O) groups excluding carboxylic acids is 1. The summed E-state index contributed by atoms with van der Waals surface area (Å²) < 4.78 is 0. The third kappa shape index (κ3) is 9.12. The molecule has 0 radical (unpaired) electrons. The SMILES string of the molecule is CCN(CC)CC(C)NC(=O)CCNC(C)C. The first-order chi connectivity index (χ1) is 7.99. The summed E-state index contributed by atoms with van der Waals surface area (Å²) in [6.45, 7) is 14.3. The second-order valence-corrected chi connectivity index (χ2v) is 4.81. The van der Waals surface area contributed by atoms with Gasteiger partial charge in [0.15, 0.2) is 0 Å². The molecule has 0 aliphatic rings. The molecule has 0 aliphatic carbocycles. The van der Waals surface area contributed by atoms with Gasteiger partial charge in [0.1, 0.15) is 0 Å². The van der Waals surface area contributed by atoms with Crippen molar-refractivity contribution in [2.24, 2.45) is 0 Å². The number of likely N-dealkylation sites (N-methyl/N-ethyl adjacent to an activating group) is 1. The van der Waals surface area contributed by atoms with Crippen LogP contribution in [0.15, 0.2) is 0 Å². The van der Waals surface area contributed by atoms with E-state index in [9.17, 15) is 4.79 Å². The minimum Gasteiger partial charge on any atom is -0.352 e. The van der Waals surface area contributed by atoms with Crippen LogP contribution >= 0.6 is 0 Å². The van der Waals surface area contributed by atoms with Gasteiger partial charge in [0.2, 0.25) is 5.91 Å².